The zero-order valence-corrected chi connectivity index (χ0v) is 16.0. The van der Waals surface area contributed by atoms with Gasteiger partial charge in [-0.3, -0.25) is 9.59 Å². The van der Waals surface area contributed by atoms with Gasteiger partial charge in [-0.2, -0.15) is 0 Å². The second kappa shape index (κ2) is 5.70. The van der Waals surface area contributed by atoms with E-state index in [4.69, 9.17) is 14.2 Å². The first-order valence-corrected chi connectivity index (χ1v) is 9.00. The molecule has 0 aromatic carbocycles. The number of hydrogen-bond donors (Lipinski definition) is 0. The van der Waals surface area contributed by atoms with Crippen molar-refractivity contribution in [2.75, 3.05) is 0 Å². The van der Waals surface area contributed by atoms with E-state index in [1.807, 2.05) is 53.7 Å². The van der Waals surface area contributed by atoms with Crippen LogP contribution in [0.1, 0.15) is 60.8 Å². The number of ether oxygens (including phenoxy) is 3. The average Bonchev–Trinajstić information content (AvgIpc) is 2.58. The number of hydrogen-bond acceptors (Lipinski definition) is 5. The molecule has 0 N–H and O–H groups in total. The summed E-state index contributed by atoms with van der Waals surface area (Å²) in [4.78, 5) is 25.5. The van der Waals surface area contributed by atoms with Gasteiger partial charge in [-0.1, -0.05) is 25.5 Å². The summed E-state index contributed by atoms with van der Waals surface area (Å²) < 4.78 is 18.3. The molecule has 138 valence electrons. The Morgan fingerprint density at radius 1 is 1.36 bits per heavy atom. The molecular formula is C20H28O5. The van der Waals surface area contributed by atoms with Gasteiger partial charge >= 0.3 is 5.97 Å². The van der Waals surface area contributed by atoms with Crippen LogP contribution >= 0.6 is 0 Å². The minimum absolute atomic E-state index is 0.0993. The van der Waals surface area contributed by atoms with E-state index in [0.29, 0.717) is 12.2 Å². The predicted molar refractivity (Wildman–Crippen MR) is 92.8 cm³/mol. The third-order valence-electron chi connectivity index (χ3n) is 5.34. The van der Waals surface area contributed by atoms with Crippen LogP contribution in [0.3, 0.4) is 0 Å². The first-order valence-electron chi connectivity index (χ1n) is 9.00. The fourth-order valence-corrected chi connectivity index (χ4v) is 4.32. The number of Topliss-reactive ketones (excluding diaryl/α,β-unsaturated/α-hetero) is 1. The van der Waals surface area contributed by atoms with Crippen LogP contribution in [0.4, 0.5) is 0 Å². The first kappa shape index (κ1) is 18.2. The predicted octanol–water partition coefficient (Wildman–Crippen LogP) is 3.47. The summed E-state index contributed by atoms with van der Waals surface area (Å²) in [6, 6.07) is 0. The molecule has 3 saturated heterocycles. The zero-order chi connectivity index (χ0) is 18.6. The van der Waals surface area contributed by atoms with Crippen LogP contribution in [-0.2, 0) is 23.8 Å². The molecule has 4 aliphatic rings. The molecular weight excluding hydrogens is 320 g/mol. The zero-order valence-electron chi connectivity index (χ0n) is 16.0. The van der Waals surface area contributed by atoms with Gasteiger partial charge < -0.3 is 14.2 Å². The standard InChI is InChI=1S/C20H28O5/c1-12(2)7-8-15-19(6)20(24-17(22)9-13(3)4)14(21)10-18(5,25-19)11-16(20)23-15/h7-8,13,16H,9-11H2,1-6H3/b15-8-/t16-,18+,19+,20-/m0/s1. The summed E-state index contributed by atoms with van der Waals surface area (Å²) in [5.74, 6) is 0.246. The average molecular weight is 348 g/mol. The minimum Gasteiger partial charge on any atom is -0.487 e. The number of allylic oxidation sites excluding steroid dienone is 3. The van der Waals surface area contributed by atoms with Gasteiger partial charge in [-0.05, 0) is 39.7 Å². The Balaban J connectivity index is 2.05. The molecule has 3 heterocycles. The maximum absolute atomic E-state index is 13.1. The van der Waals surface area contributed by atoms with E-state index in [0.717, 1.165) is 5.57 Å². The summed E-state index contributed by atoms with van der Waals surface area (Å²) in [5.41, 5.74) is -1.94. The van der Waals surface area contributed by atoms with Gasteiger partial charge in [0.1, 0.15) is 5.76 Å². The van der Waals surface area contributed by atoms with Crippen LogP contribution in [0, 0.1) is 5.92 Å². The summed E-state index contributed by atoms with van der Waals surface area (Å²) in [6.07, 6.45) is 4.31. The maximum Gasteiger partial charge on any atom is 0.307 e. The van der Waals surface area contributed by atoms with E-state index in [1.165, 1.54) is 0 Å². The highest BCUT2D eigenvalue weighted by atomic mass is 16.7. The van der Waals surface area contributed by atoms with Gasteiger partial charge in [0.15, 0.2) is 17.5 Å². The Hall–Kier alpha value is -1.62. The molecule has 0 spiro atoms. The molecule has 0 aromatic heterocycles. The highest BCUT2D eigenvalue weighted by Gasteiger charge is 2.79. The number of ketones is 1. The molecule has 0 unspecified atom stereocenters. The Morgan fingerprint density at radius 2 is 2.04 bits per heavy atom. The molecule has 0 amide bonds. The molecule has 5 nitrogen and oxygen atoms in total. The normalized spacial score (nSPS) is 40.4. The third-order valence-corrected chi connectivity index (χ3v) is 5.34. The van der Waals surface area contributed by atoms with Crippen LogP contribution in [0.25, 0.3) is 0 Å². The molecule has 3 aliphatic heterocycles. The second-order valence-electron chi connectivity index (χ2n) is 8.58. The van der Waals surface area contributed by atoms with Crippen molar-refractivity contribution in [2.24, 2.45) is 5.92 Å². The fraction of sp³-hybridized carbons (Fsp3) is 0.700. The van der Waals surface area contributed by atoms with Crippen LogP contribution in [0.15, 0.2) is 23.5 Å². The molecule has 1 aliphatic carbocycles. The van der Waals surface area contributed by atoms with Gasteiger partial charge in [-0.25, -0.2) is 0 Å². The molecule has 4 fully saturated rings. The van der Waals surface area contributed by atoms with Crippen molar-refractivity contribution in [1.29, 1.82) is 0 Å². The summed E-state index contributed by atoms with van der Waals surface area (Å²) in [7, 11) is 0. The van der Waals surface area contributed by atoms with Gasteiger partial charge in [0, 0.05) is 19.3 Å². The maximum atomic E-state index is 13.1. The van der Waals surface area contributed by atoms with Crippen LogP contribution < -0.4 is 0 Å². The fourth-order valence-electron chi connectivity index (χ4n) is 4.32. The van der Waals surface area contributed by atoms with Crippen molar-refractivity contribution in [3.05, 3.63) is 23.5 Å². The molecule has 5 heteroatoms. The monoisotopic (exact) mass is 348 g/mol. The molecule has 4 rings (SSSR count). The van der Waals surface area contributed by atoms with Crippen LogP contribution in [-0.4, -0.2) is 34.7 Å². The van der Waals surface area contributed by atoms with E-state index in [2.05, 4.69) is 0 Å². The van der Waals surface area contributed by atoms with Crippen molar-refractivity contribution in [3.8, 4) is 0 Å². The smallest absolute Gasteiger partial charge is 0.307 e. The molecule has 25 heavy (non-hydrogen) atoms. The summed E-state index contributed by atoms with van der Waals surface area (Å²) >= 11 is 0. The van der Waals surface area contributed by atoms with E-state index < -0.39 is 22.9 Å². The Morgan fingerprint density at radius 3 is 2.64 bits per heavy atom. The van der Waals surface area contributed by atoms with Gasteiger partial charge in [0.25, 0.3) is 0 Å². The van der Waals surface area contributed by atoms with E-state index >= 15 is 0 Å². The lowest BCUT2D eigenvalue weighted by Gasteiger charge is -2.56. The van der Waals surface area contributed by atoms with Gasteiger partial charge in [0.05, 0.1) is 5.60 Å². The van der Waals surface area contributed by atoms with E-state index in [-0.39, 0.29) is 30.5 Å². The number of carbonyl (C=O) groups excluding carboxylic acids is 2. The first-order chi connectivity index (χ1) is 11.5. The van der Waals surface area contributed by atoms with Gasteiger partial charge in [0.2, 0.25) is 5.60 Å². The van der Waals surface area contributed by atoms with Crippen molar-refractivity contribution >= 4 is 11.8 Å². The molecule has 1 saturated carbocycles. The van der Waals surface area contributed by atoms with Crippen molar-refractivity contribution in [1.82, 2.24) is 0 Å². The van der Waals surface area contributed by atoms with Crippen molar-refractivity contribution in [3.63, 3.8) is 0 Å². The molecule has 4 atom stereocenters. The van der Waals surface area contributed by atoms with Crippen molar-refractivity contribution in [2.45, 2.75) is 83.7 Å². The molecule has 0 radical (unpaired) electrons. The summed E-state index contributed by atoms with van der Waals surface area (Å²) in [5, 5.41) is 0. The Bertz CT molecular complexity index is 672. The molecule has 4 bridgehead atoms. The van der Waals surface area contributed by atoms with Crippen molar-refractivity contribution < 1.29 is 23.8 Å². The second-order valence-corrected chi connectivity index (χ2v) is 8.58. The van der Waals surface area contributed by atoms with E-state index in [9.17, 15) is 9.59 Å². The SMILES string of the molecule is CC(C)=C/C=C1\O[C@H]2C[C@@]3(C)CC(=O)[C@@]2(OC(=O)CC(C)C)[C@]1(C)O3. The highest BCUT2D eigenvalue weighted by molar-refractivity contribution is 5.96. The summed E-state index contributed by atoms with van der Waals surface area (Å²) in [6.45, 7) is 11.6. The number of rotatable bonds is 4. The number of esters is 1. The number of fused-ring (bicyclic) bond motifs is 1. The molecule has 0 aromatic rings. The topological polar surface area (TPSA) is 61.8 Å². The number of carbonyl (C=O) groups is 2. The lowest BCUT2D eigenvalue weighted by molar-refractivity contribution is -0.273. The lowest BCUT2D eigenvalue weighted by atomic mass is 9.63. The lowest BCUT2D eigenvalue weighted by Crippen LogP contribution is -2.75. The van der Waals surface area contributed by atoms with Crippen LogP contribution in [0.5, 0.6) is 0 Å². The van der Waals surface area contributed by atoms with E-state index in [1.54, 1.807) is 0 Å². The quantitative estimate of drug-likeness (QED) is 0.728. The van der Waals surface area contributed by atoms with Crippen LogP contribution in [0.2, 0.25) is 0 Å². The van der Waals surface area contributed by atoms with Gasteiger partial charge in [-0.15, -0.1) is 0 Å². The highest BCUT2D eigenvalue weighted by Crippen LogP contribution is 2.61. The Kier molecular flexibility index (Phi) is 4.14. The minimum atomic E-state index is -1.38. The third kappa shape index (κ3) is 2.64. The largest absolute Gasteiger partial charge is 0.487 e. The Labute approximate surface area is 149 Å².